The molecule has 0 spiro atoms. The Bertz CT molecular complexity index is 382. The average Bonchev–Trinajstić information content (AvgIpc) is 2.25. The van der Waals surface area contributed by atoms with Crippen LogP contribution in [0.1, 0.15) is 48.2 Å². The molecule has 5 heteroatoms. The Morgan fingerprint density at radius 3 is 2.71 bits per heavy atom. The van der Waals surface area contributed by atoms with Gasteiger partial charge in [0.05, 0.1) is 12.1 Å². The molecular formula is C12H14BrKO3. The van der Waals surface area contributed by atoms with E-state index in [9.17, 15) is 15.0 Å². The first kappa shape index (κ1) is 17.8. The van der Waals surface area contributed by atoms with Crippen LogP contribution >= 0.6 is 15.9 Å². The first-order chi connectivity index (χ1) is 7.56. The van der Waals surface area contributed by atoms with Gasteiger partial charge in [-0.05, 0) is 24.1 Å². The van der Waals surface area contributed by atoms with Gasteiger partial charge in [-0.25, -0.2) is 0 Å². The Balaban J connectivity index is 0.00000256. The molecule has 0 aromatic heterocycles. The quantitative estimate of drug-likeness (QED) is 0.710. The van der Waals surface area contributed by atoms with E-state index in [1.54, 1.807) is 12.1 Å². The largest absolute Gasteiger partial charge is 1.00 e. The molecule has 1 atom stereocenters. The zero-order chi connectivity index (χ0) is 12.1. The number of hydrogen-bond acceptors (Lipinski definition) is 3. The van der Waals surface area contributed by atoms with Crippen molar-refractivity contribution in [3.05, 3.63) is 33.8 Å². The maximum absolute atomic E-state index is 10.9. The Labute approximate surface area is 152 Å². The minimum absolute atomic E-state index is 0. The van der Waals surface area contributed by atoms with Crippen LogP contribution in [0.5, 0.6) is 0 Å². The first-order valence-corrected chi connectivity index (χ1v) is 6.04. The third-order valence-corrected chi connectivity index (χ3v) is 2.92. The number of hydrogen-bond donors (Lipinski definition) is 1. The third kappa shape index (κ3) is 5.51. The maximum atomic E-state index is 10.9. The predicted molar refractivity (Wildman–Crippen MR) is 63.0 cm³/mol. The van der Waals surface area contributed by atoms with Crippen LogP contribution in [-0.2, 0) is 0 Å². The number of carbonyl (C=O) groups is 1. The predicted octanol–water partition coefficient (Wildman–Crippen LogP) is -0.960. The first-order valence-electron chi connectivity index (χ1n) is 5.25. The molecule has 0 bridgehead atoms. The minimum atomic E-state index is -1.26. The summed E-state index contributed by atoms with van der Waals surface area (Å²) in [7, 11) is 0. The fraction of sp³-hybridized carbons (Fsp3) is 0.417. The van der Waals surface area contributed by atoms with Crippen LogP contribution in [0.4, 0.5) is 0 Å². The fourth-order valence-corrected chi connectivity index (χ4v) is 1.91. The van der Waals surface area contributed by atoms with E-state index in [0.29, 0.717) is 16.5 Å². The Hall–Kier alpha value is 0.766. The number of rotatable bonds is 5. The second-order valence-electron chi connectivity index (χ2n) is 3.68. The van der Waals surface area contributed by atoms with Crippen LogP contribution in [0.2, 0.25) is 0 Å². The van der Waals surface area contributed by atoms with E-state index in [0.717, 1.165) is 12.8 Å². The van der Waals surface area contributed by atoms with Crippen molar-refractivity contribution >= 4 is 21.9 Å². The van der Waals surface area contributed by atoms with Crippen LogP contribution < -0.4 is 56.5 Å². The van der Waals surface area contributed by atoms with Crippen LogP contribution in [0.15, 0.2) is 22.7 Å². The van der Waals surface area contributed by atoms with Gasteiger partial charge in [-0.15, -0.1) is 0 Å². The molecule has 0 saturated carbocycles. The fourth-order valence-electron chi connectivity index (χ4n) is 1.55. The summed E-state index contributed by atoms with van der Waals surface area (Å²) in [6.07, 6.45) is 1.66. The topological polar surface area (TPSA) is 60.4 Å². The zero-order valence-corrected chi connectivity index (χ0v) is 14.8. The molecule has 0 aliphatic carbocycles. The van der Waals surface area contributed by atoms with Crippen LogP contribution in [0.25, 0.3) is 0 Å². The molecule has 1 rings (SSSR count). The SMILES string of the molecule is CCCCC(O)c1ccc(Br)cc1C(=O)[O-].[K+]. The second-order valence-corrected chi connectivity index (χ2v) is 4.59. The minimum Gasteiger partial charge on any atom is -0.545 e. The summed E-state index contributed by atoms with van der Waals surface area (Å²) >= 11 is 3.19. The Morgan fingerprint density at radius 1 is 1.53 bits per heavy atom. The Morgan fingerprint density at radius 2 is 2.18 bits per heavy atom. The molecular weight excluding hydrogens is 311 g/mol. The second kappa shape index (κ2) is 8.80. The molecule has 0 aliphatic heterocycles. The van der Waals surface area contributed by atoms with E-state index in [4.69, 9.17) is 0 Å². The van der Waals surface area contributed by atoms with Crippen molar-refractivity contribution in [1.29, 1.82) is 0 Å². The zero-order valence-electron chi connectivity index (χ0n) is 10.1. The standard InChI is InChI=1S/C12H15BrO3.K/c1-2-3-4-11(14)9-6-5-8(13)7-10(9)12(15)16;/h5-7,11,14H,2-4H2,1H3,(H,15,16);/q;+1/p-1. The summed E-state index contributed by atoms with van der Waals surface area (Å²) in [6, 6.07) is 4.80. The van der Waals surface area contributed by atoms with Crippen molar-refractivity contribution in [2.45, 2.75) is 32.3 Å². The number of benzene rings is 1. The molecule has 0 fully saturated rings. The third-order valence-electron chi connectivity index (χ3n) is 2.43. The molecule has 0 amide bonds. The van der Waals surface area contributed by atoms with Gasteiger partial charge in [0.2, 0.25) is 0 Å². The summed E-state index contributed by atoms with van der Waals surface area (Å²) in [5.74, 6) is -1.26. The summed E-state index contributed by atoms with van der Waals surface area (Å²) in [5, 5.41) is 20.8. The summed E-state index contributed by atoms with van der Waals surface area (Å²) in [5.41, 5.74) is 0.481. The number of aromatic carboxylic acids is 1. The van der Waals surface area contributed by atoms with Crippen molar-refractivity contribution in [3.8, 4) is 0 Å². The van der Waals surface area contributed by atoms with Gasteiger partial charge < -0.3 is 15.0 Å². The normalized spacial score (nSPS) is 11.7. The molecule has 0 saturated heterocycles. The number of aliphatic hydroxyl groups excluding tert-OH is 1. The van der Waals surface area contributed by atoms with Gasteiger partial charge in [-0.2, -0.15) is 0 Å². The van der Waals surface area contributed by atoms with Gasteiger partial charge in [0.1, 0.15) is 0 Å². The molecule has 1 N–H and O–H groups in total. The molecule has 1 aromatic carbocycles. The van der Waals surface area contributed by atoms with Crippen molar-refractivity contribution in [2.75, 3.05) is 0 Å². The van der Waals surface area contributed by atoms with Gasteiger partial charge in [-0.3, -0.25) is 0 Å². The Kier molecular flexibility index (Phi) is 9.19. The van der Waals surface area contributed by atoms with Crippen LogP contribution in [0.3, 0.4) is 0 Å². The van der Waals surface area contributed by atoms with Crippen LogP contribution in [0, 0.1) is 0 Å². The summed E-state index contributed by atoms with van der Waals surface area (Å²) in [4.78, 5) is 10.9. The molecule has 0 radical (unpaired) electrons. The summed E-state index contributed by atoms with van der Waals surface area (Å²) in [6.45, 7) is 2.02. The number of carbonyl (C=O) groups excluding carboxylic acids is 1. The van der Waals surface area contributed by atoms with E-state index < -0.39 is 12.1 Å². The smallest absolute Gasteiger partial charge is 0.545 e. The van der Waals surface area contributed by atoms with Gasteiger partial charge in [-0.1, -0.05) is 41.8 Å². The number of halogens is 1. The number of aliphatic hydroxyl groups is 1. The number of carboxylic acid groups (broad SMARTS) is 1. The van der Waals surface area contributed by atoms with Gasteiger partial charge in [0, 0.05) is 10.0 Å². The maximum Gasteiger partial charge on any atom is 1.00 e. The van der Waals surface area contributed by atoms with Gasteiger partial charge >= 0.3 is 51.4 Å². The van der Waals surface area contributed by atoms with E-state index in [1.165, 1.54) is 6.07 Å². The molecule has 0 aliphatic rings. The monoisotopic (exact) mass is 324 g/mol. The van der Waals surface area contributed by atoms with Crippen molar-refractivity contribution in [2.24, 2.45) is 0 Å². The van der Waals surface area contributed by atoms with Crippen molar-refractivity contribution in [1.82, 2.24) is 0 Å². The van der Waals surface area contributed by atoms with Crippen molar-refractivity contribution in [3.63, 3.8) is 0 Å². The van der Waals surface area contributed by atoms with E-state index in [2.05, 4.69) is 15.9 Å². The van der Waals surface area contributed by atoms with E-state index in [1.807, 2.05) is 6.92 Å². The van der Waals surface area contributed by atoms with E-state index in [-0.39, 0.29) is 56.9 Å². The molecule has 0 heterocycles. The number of carboxylic acids is 1. The molecule has 1 unspecified atom stereocenters. The molecule has 17 heavy (non-hydrogen) atoms. The van der Waals surface area contributed by atoms with Crippen LogP contribution in [-0.4, -0.2) is 11.1 Å². The van der Waals surface area contributed by atoms with Gasteiger partial charge in [0.25, 0.3) is 0 Å². The molecule has 88 valence electrons. The van der Waals surface area contributed by atoms with E-state index >= 15 is 0 Å². The summed E-state index contributed by atoms with van der Waals surface area (Å²) < 4.78 is 0.665. The molecule has 1 aromatic rings. The number of unbranched alkanes of at least 4 members (excludes halogenated alkanes) is 1. The van der Waals surface area contributed by atoms with Crippen molar-refractivity contribution < 1.29 is 66.4 Å². The molecule has 3 nitrogen and oxygen atoms in total. The average molecular weight is 325 g/mol. The van der Waals surface area contributed by atoms with Gasteiger partial charge in [0.15, 0.2) is 0 Å².